The van der Waals surface area contributed by atoms with Crippen LogP contribution in [-0.2, 0) is 16.6 Å². The molecule has 0 spiro atoms. The van der Waals surface area contributed by atoms with Crippen molar-refractivity contribution in [1.29, 1.82) is 0 Å². The number of aliphatic hydroxyl groups excluding tert-OH is 2. The summed E-state index contributed by atoms with van der Waals surface area (Å²) in [6.07, 6.45) is 3.85. The summed E-state index contributed by atoms with van der Waals surface area (Å²) in [5.74, 6) is 5.56. The molecule has 0 amide bonds. The lowest BCUT2D eigenvalue weighted by molar-refractivity contribution is 0.0733. The fourth-order valence-corrected chi connectivity index (χ4v) is 5.63. The van der Waals surface area contributed by atoms with Crippen molar-refractivity contribution in [3.05, 3.63) is 48.0 Å². The van der Waals surface area contributed by atoms with Crippen LogP contribution in [0.2, 0.25) is 0 Å². The number of aromatic nitrogens is 2. The van der Waals surface area contributed by atoms with Crippen LogP contribution in [-0.4, -0.2) is 82.8 Å². The van der Waals surface area contributed by atoms with E-state index in [9.17, 15) is 18.6 Å². The monoisotopic (exact) mass is 488 g/mol. The van der Waals surface area contributed by atoms with Crippen LogP contribution in [0, 0.1) is 17.8 Å². The fraction of sp³-hybridized carbons (Fsp3) is 0.500. The molecule has 1 aliphatic rings. The van der Waals surface area contributed by atoms with E-state index in [-0.39, 0.29) is 35.8 Å². The fourth-order valence-electron chi connectivity index (χ4n) is 3.80. The summed E-state index contributed by atoms with van der Waals surface area (Å²) in [5, 5.41) is 19.2. The Hall–Kier alpha value is -2.55. The topological polar surface area (TPSA) is 116 Å². The van der Waals surface area contributed by atoms with Crippen molar-refractivity contribution in [3.63, 3.8) is 0 Å². The summed E-state index contributed by atoms with van der Waals surface area (Å²) in [6, 6.07) is 4.08. The van der Waals surface area contributed by atoms with Crippen molar-refractivity contribution in [3.8, 4) is 17.6 Å². The maximum absolute atomic E-state index is 13.5. The third-order valence-corrected chi connectivity index (χ3v) is 7.67. The summed E-state index contributed by atoms with van der Waals surface area (Å²) in [5.41, 5.74) is 1.50. The first-order valence-corrected chi connectivity index (χ1v) is 12.6. The second-order valence-electron chi connectivity index (χ2n) is 8.79. The van der Waals surface area contributed by atoms with Gasteiger partial charge in [0.1, 0.15) is 29.2 Å². The Balaban J connectivity index is 1.99. The maximum atomic E-state index is 13.5. The molecular weight excluding hydrogens is 456 g/mol. The van der Waals surface area contributed by atoms with Crippen LogP contribution in [0.5, 0.6) is 5.75 Å². The SMILES string of the molecule is C[C@H](O)C#Cc1ccc2c(c1)O[C@H](CN(C)Cc1cncnc1)[C@@H](C)CN([C@H](C)CO)S2(=O)=O. The molecule has 1 aliphatic heterocycles. The highest BCUT2D eigenvalue weighted by molar-refractivity contribution is 7.89. The average Bonchev–Trinajstić information content (AvgIpc) is 2.80. The molecule has 10 heteroatoms. The smallest absolute Gasteiger partial charge is 0.247 e. The molecule has 2 aromatic rings. The average molecular weight is 489 g/mol. The normalized spacial score (nSPS) is 21.9. The number of sulfonamides is 1. The van der Waals surface area contributed by atoms with Gasteiger partial charge in [-0.05, 0) is 39.1 Å². The number of benzene rings is 1. The van der Waals surface area contributed by atoms with Gasteiger partial charge in [-0.15, -0.1) is 0 Å². The van der Waals surface area contributed by atoms with E-state index in [1.807, 2.05) is 14.0 Å². The lowest BCUT2D eigenvalue weighted by atomic mass is 10.0. The third-order valence-electron chi connectivity index (χ3n) is 5.65. The van der Waals surface area contributed by atoms with Crippen molar-refractivity contribution < 1.29 is 23.4 Å². The van der Waals surface area contributed by atoms with Crippen LogP contribution >= 0.6 is 0 Å². The van der Waals surface area contributed by atoms with Gasteiger partial charge in [0.2, 0.25) is 10.0 Å². The van der Waals surface area contributed by atoms with Crippen molar-refractivity contribution in [1.82, 2.24) is 19.2 Å². The first kappa shape index (κ1) is 26.1. The minimum absolute atomic E-state index is 0.0337. The van der Waals surface area contributed by atoms with Gasteiger partial charge in [-0.2, -0.15) is 4.31 Å². The largest absolute Gasteiger partial charge is 0.487 e. The van der Waals surface area contributed by atoms with Crippen molar-refractivity contribution in [2.45, 2.75) is 50.5 Å². The van der Waals surface area contributed by atoms with Gasteiger partial charge in [-0.25, -0.2) is 18.4 Å². The van der Waals surface area contributed by atoms with Gasteiger partial charge < -0.3 is 14.9 Å². The number of hydrogen-bond acceptors (Lipinski definition) is 8. The zero-order valence-electron chi connectivity index (χ0n) is 19.9. The van der Waals surface area contributed by atoms with Crippen LogP contribution in [0.15, 0.2) is 41.8 Å². The molecule has 0 saturated heterocycles. The summed E-state index contributed by atoms with van der Waals surface area (Å²) < 4.78 is 34.7. The van der Waals surface area contributed by atoms with Gasteiger partial charge in [0.25, 0.3) is 0 Å². The van der Waals surface area contributed by atoms with Gasteiger partial charge in [-0.1, -0.05) is 18.8 Å². The number of aliphatic hydroxyl groups is 2. The highest BCUT2D eigenvalue weighted by Crippen LogP contribution is 2.34. The van der Waals surface area contributed by atoms with Crippen molar-refractivity contribution in [2.24, 2.45) is 5.92 Å². The Morgan fingerprint density at radius 2 is 2.00 bits per heavy atom. The van der Waals surface area contributed by atoms with Gasteiger partial charge in [-0.3, -0.25) is 4.90 Å². The predicted molar refractivity (Wildman–Crippen MR) is 127 cm³/mol. The quantitative estimate of drug-likeness (QED) is 0.581. The first-order chi connectivity index (χ1) is 16.1. The highest BCUT2D eigenvalue weighted by Gasteiger charge is 2.38. The molecule has 2 heterocycles. The summed E-state index contributed by atoms with van der Waals surface area (Å²) in [4.78, 5) is 10.2. The van der Waals surface area contributed by atoms with E-state index >= 15 is 0 Å². The molecule has 1 aromatic heterocycles. The maximum Gasteiger partial charge on any atom is 0.247 e. The van der Waals surface area contributed by atoms with Crippen LogP contribution in [0.25, 0.3) is 0 Å². The van der Waals surface area contributed by atoms with Gasteiger partial charge in [0.05, 0.1) is 6.61 Å². The molecule has 4 atom stereocenters. The zero-order valence-corrected chi connectivity index (χ0v) is 20.7. The van der Waals surface area contributed by atoms with E-state index in [0.29, 0.717) is 18.7 Å². The summed E-state index contributed by atoms with van der Waals surface area (Å²) in [7, 11) is -1.96. The Labute approximate surface area is 201 Å². The number of likely N-dealkylation sites (N-methyl/N-ethyl adjacent to an activating group) is 1. The minimum atomic E-state index is -3.91. The minimum Gasteiger partial charge on any atom is -0.487 e. The van der Waals surface area contributed by atoms with E-state index in [4.69, 9.17) is 4.74 Å². The number of nitrogens with zero attached hydrogens (tertiary/aromatic N) is 4. The lowest BCUT2D eigenvalue weighted by Crippen LogP contribution is -2.49. The van der Waals surface area contributed by atoms with Crippen LogP contribution in [0.1, 0.15) is 31.9 Å². The predicted octanol–water partition coefficient (Wildman–Crippen LogP) is 1.11. The van der Waals surface area contributed by atoms with E-state index in [1.165, 1.54) is 16.7 Å². The molecule has 0 radical (unpaired) electrons. The Bertz CT molecular complexity index is 1130. The molecule has 0 fully saturated rings. The summed E-state index contributed by atoms with van der Waals surface area (Å²) in [6.45, 7) is 6.24. The Kier molecular flexibility index (Phi) is 8.62. The molecule has 0 aliphatic carbocycles. The molecule has 34 heavy (non-hydrogen) atoms. The Morgan fingerprint density at radius 1 is 1.29 bits per heavy atom. The second-order valence-corrected chi connectivity index (χ2v) is 10.6. The second kappa shape index (κ2) is 11.3. The van der Waals surface area contributed by atoms with Gasteiger partial charge in [0, 0.05) is 55.1 Å². The van der Waals surface area contributed by atoms with Crippen molar-refractivity contribution in [2.75, 3.05) is 26.7 Å². The molecule has 0 bridgehead atoms. The Morgan fingerprint density at radius 3 is 2.65 bits per heavy atom. The molecule has 2 N–H and O–H groups in total. The van der Waals surface area contributed by atoms with Crippen LogP contribution < -0.4 is 4.74 Å². The lowest BCUT2D eigenvalue weighted by Gasteiger charge is -2.37. The molecular formula is C24H32N4O5S. The van der Waals surface area contributed by atoms with E-state index in [0.717, 1.165) is 5.56 Å². The number of hydrogen-bond donors (Lipinski definition) is 2. The molecule has 0 unspecified atom stereocenters. The first-order valence-electron chi connectivity index (χ1n) is 11.2. The number of rotatable bonds is 6. The highest BCUT2D eigenvalue weighted by atomic mass is 32.2. The molecule has 184 valence electrons. The van der Waals surface area contributed by atoms with E-state index in [2.05, 4.69) is 26.7 Å². The van der Waals surface area contributed by atoms with Gasteiger partial charge in [0.15, 0.2) is 0 Å². The number of fused-ring (bicyclic) bond motifs is 1. The standard InChI is InChI=1S/C24H32N4O5S/c1-17-12-28(18(2)15-29)34(31,32)24-8-7-20(6-5-19(3)30)9-22(24)33-23(17)14-27(4)13-21-10-25-16-26-11-21/h7-11,16-19,23,29-30H,12-15H2,1-4H3/t17-,18+,19-,23+/m0/s1. The van der Waals surface area contributed by atoms with Crippen molar-refractivity contribution >= 4 is 10.0 Å². The van der Waals surface area contributed by atoms with Crippen LogP contribution in [0.3, 0.4) is 0 Å². The molecule has 9 nitrogen and oxygen atoms in total. The summed E-state index contributed by atoms with van der Waals surface area (Å²) >= 11 is 0. The van der Waals surface area contributed by atoms with E-state index in [1.54, 1.807) is 38.4 Å². The zero-order chi connectivity index (χ0) is 24.9. The molecule has 1 aromatic carbocycles. The van der Waals surface area contributed by atoms with E-state index < -0.39 is 22.2 Å². The molecule has 0 saturated carbocycles. The van der Waals surface area contributed by atoms with Crippen LogP contribution in [0.4, 0.5) is 0 Å². The number of ether oxygens (including phenoxy) is 1. The van der Waals surface area contributed by atoms with Gasteiger partial charge >= 0.3 is 0 Å². The third kappa shape index (κ3) is 6.31. The molecule has 3 rings (SSSR count).